The number of pyridine rings is 1. The third kappa shape index (κ3) is 6.18. The van der Waals surface area contributed by atoms with Gasteiger partial charge in [0, 0.05) is 50.7 Å². The largest absolute Gasteiger partial charge is 0.304 e. The molecular formula is C28H31BrN8O. The fraction of sp³-hybridized carbons (Fsp3) is 0.393. The molecule has 1 aromatic carbocycles. The minimum Gasteiger partial charge on any atom is -0.304 e. The number of nitriles is 1. The summed E-state index contributed by atoms with van der Waals surface area (Å²) in [6.45, 7) is 5.36. The molecule has 0 unspecified atom stereocenters. The summed E-state index contributed by atoms with van der Waals surface area (Å²) in [5.74, 6) is 0.265. The van der Waals surface area contributed by atoms with Crippen molar-refractivity contribution in [2.24, 2.45) is 0 Å². The van der Waals surface area contributed by atoms with Crippen LogP contribution in [0.1, 0.15) is 47.4 Å². The van der Waals surface area contributed by atoms with Crippen LogP contribution in [0.4, 0.5) is 5.82 Å². The van der Waals surface area contributed by atoms with Gasteiger partial charge < -0.3 is 4.90 Å². The second-order valence-electron chi connectivity index (χ2n) is 9.93. The molecule has 5 rings (SSSR count). The van der Waals surface area contributed by atoms with E-state index in [1.54, 1.807) is 23.5 Å². The van der Waals surface area contributed by atoms with E-state index in [0.717, 1.165) is 69.7 Å². The van der Waals surface area contributed by atoms with Gasteiger partial charge in [-0.1, -0.05) is 37.1 Å². The predicted molar refractivity (Wildman–Crippen MR) is 149 cm³/mol. The van der Waals surface area contributed by atoms with Crippen LogP contribution in [0.5, 0.6) is 0 Å². The highest BCUT2D eigenvalue weighted by molar-refractivity contribution is 9.10. The van der Waals surface area contributed by atoms with Crippen LogP contribution in [0.15, 0.2) is 53.3 Å². The van der Waals surface area contributed by atoms with Crippen LogP contribution in [0.2, 0.25) is 0 Å². The van der Waals surface area contributed by atoms with Gasteiger partial charge in [-0.2, -0.15) is 10.2 Å². The molecule has 1 N–H and O–H groups in total. The Kier molecular flexibility index (Phi) is 8.27. The fourth-order valence-electron chi connectivity index (χ4n) is 4.98. The number of nitrogens with zero attached hydrogens (tertiary/aromatic N) is 7. The Balaban J connectivity index is 1.27. The predicted octanol–water partition coefficient (Wildman–Crippen LogP) is 4.01. The fourth-order valence-corrected chi connectivity index (χ4v) is 5.36. The second-order valence-corrected chi connectivity index (χ2v) is 10.8. The highest BCUT2D eigenvalue weighted by Crippen LogP contribution is 2.30. The van der Waals surface area contributed by atoms with Gasteiger partial charge in [0.2, 0.25) is 5.82 Å². The van der Waals surface area contributed by atoms with Gasteiger partial charge in [0.15, 0.2) is 5.82 Å². The quantitative estimate of drug-likeness (QED) is 0.422. The molecule has 10 heteroatoms. The van der Waals surface area contributed by atoms with Crippen LogP contribution < -0.4 is 10.4 Å². The summed E-state index contributed by atoms with van der Waals surface area (Å²) in [4.78, 5) is 31.0. The van der Waals surface area contributed by atoms with Gasteiger partial charge >= 0.3 is 0 Å². The van der Waals surface area contributed by atoms with Gasteiger partial charge in [-0.25, -0.2) is 4.98 Å². The lowest BCUT2D eigenvalue weighted by atomic mass is 10.1. The summed E-state index contributed by atoms with van der Waals surface area (Å²) < 4.78 is 0.619. The highest BCUT2D eigenvalue weighted by atomic mass is 79.9. The van der Waals surface area contributed by atoms with Crippen LogP contribution in [0, 0.1) is 11.3 Å². The second kappa shape index (κ2) is 12.0. The van der Waals surface area contributed by atoms with Crippen molar-refractivity contribution in [2.45, 2.75) is 38.3 Å². The van der Waals surface area contributed by atoms with E-state index in [4.69, 9.17) is 0 Å². The van der Waals surface area contributed by atoms with Crippen LogP contribution in [-0.2, 0) is 6.54 Å². The van der Waals surface area contributed by atoms with Crippen molar-refractivity contribution in [3.05, 3.63) is 70.2 Å². The topological polar surface area (TPSA) is 101 Å². The monoisotopic (exact) mass is 574 g/mol. The minimum atomic E-state index is -0.275. The molecule has 2 aliphatic rings. The van der Waals surface area contributed by atoms with Crippen molar-refractivity contribution in [1.82, 2.24) is 30.2 Å². The number of anilines is 1. The first kappa shape index (κ1) is 26.2. The van der Waals surface area contributed by atoms with E-state index in [-0.39, 0.29) is 17.8 Å². The van der Waals surface area contributed by atoms with Gasteiger partial charge in [-0.15, -0.1) is 0 Å². The van der Waals surface area contributed by atoms with E-state index in [1.165, 1.54) is 5.56 Å². The molecular weight excluding hydrogens is 544 g/mol. The third-order valence-corrected chi connectivity index (χ3v) is 7.80. The smallest absolute Gasteiger partial charge is 0.271 e. The number of hydrogen-bond donors (Lipinski definition) is 1. The number of hydrogen-bond acceptors (Lipinski definition) is 8. The molecule has 196 valence electrons. The van der Waals surface area contributed by atoms with Crippen molar-refractivity contribution < 1.29 is 4.79 Å². The van der Waals surface area contributed by atoms with Crippen molar-refractivity contribution in [1.29, 1.82) is 5.26 Å². The van der Waals surface area contributed by atoms with E-state index < -0.39 is 0 Å². The molecule has 1 saturated carbocycles. The molecule has 2 fully saturated rings. The van der Waals surface area contributed by atoms with Crippen LogP contribution in [0.25, 0.3) is 11.3 Å². The van der Waals surface area contributed by atoms with E-state index >= 15 is 0 Å². The Morgan fingerprint density at radius 3 is 2.47 bits per heavy atom. The van der Waals surface area contributed by atoms with Crippen molar-refractivity contribution in [3.8, 4) is 17.3 Å². The number of rotatable bonds is 7. The number of halogens is 1. The number of nitrogens with one attached hydrogen (secondary N) is 1. The number of hydrazine groups is 1. The number of likely N-dealkylation sites (N-methyl/N-ethyl adjacent to an activating group) is 1. The Morgan fingerprint density at radius 2 is 1.82 bits per heavy atom. The lowest BCUT2D eigenvalue weighted by Crippen LogP contribution is -2.48. The van der Waals surface area contributed by atoms with E-state index in [9.17, 15) is 10.1 Å². The first-order valence-electron chi connectivity index (χ1n) is 13.0. The zero-order chi connectivity index (χ0) is 26.5. The molecule has 0 bridgehead atoms. The molecule has 1 amide bonds. The zero-order valence-electron chi connectivity index (χ0n) is 21.5. The summed E-state index contributed by atoms with van der Waals surface area (Å²) >= 11 is 3.48. The van der Waals surface area contributed by atoms with Crippen molar-refractivity contribution in [2.75, 3.05) is 38.2 Å². The van der Waals surface area contributed by atoms with Gasteiger partial charge in [0.25, 0.3) is 5.91 Å². The third-order valence-electron chi connectivity index (χ3n) is 7.24. The maximum Gasteiger partial charge on any atom is 0.271 e. The SMILES string of the molecule is CN1CCN(Cc2ccc(-c3ccc(C(=O)NN(c4nc(C#N)ncc4Br)C4CCCC4)cn3)cc2)CC1. The number of piperazine rings is 1. The molecule has 38 heavy (non-hydrogen) atoms. The number of amides is 1. The van der Waals surface area contributed by atoms with Gasteiger partial charge in [-0.3, -0.25) is 25.1 Å². The lowest BCUT2D eigenvalue weighted by Gasteiger charge is -2.32. The maximum atomic E-state index is 13.2. The Bertz CT molecular complexity index is 1290. The average Bonchev–Trinajstić information content (AvgIpc) is 3.49. The van der Waals surface area contributed by atoms with Crippen LogP contribution >= 0.6 is 15.9 Å². The molecule has 3 heterocycles. The first-order chi connectivity index (χ1) is 18.5. The van der Waals surface area contributed by atoms with Gasteiger partial charge in [0.1, 0.15) is 6.07 Å². The summed E-state index contributed by atoms with van der Waals surface area (Å²) in [7, 11) is 2.17. The van der Waals surface area contributed by atoms with Gasteiger partial charge in [-0.05, 0) is 53.5 Å². The Hall–Kier alpha value is -3.39. The molecule has 0 radical (unpaired) electrons. The molecule has 1 aliphatic carbocycles. The zero-order valence-corrected chi connectivity index (χ0v) is 23.1. The number of carbonyl (C=O) groups is 1. The normalized spacial score (nSPS) is 16.8. The summed E-state index contributed by atoms with van der Waals surface area (Å²) in [5.41, 5.74) is 6.58. The summed E-state index contributed by atoms with van der Waals surface area (Å²) in [6.07, 6.45) is 7.17. The maximum absolute atomic E-state index is 13.2. The number of carbonyl (C=O) groups excluding carboxylic acids is 1. The Labute approximate surface area is 231 Å². The lowest BCUT2D eigenvalue weighted by molar-refractivity contribution is 0.0943. The van der Waals surface area contributed by atoms with E-state index in [0.29, 0.717) is 15.9 Å². The molecule has 2 aromatic heterocycles. The number of aromatic nitrogens is 3. The molecule has 0 spiro atoms. The first-order valence-corrected chi connectivity index (χ1v) is 13.8. The minimum absolute atomic E-state index is 0.0565. The van der Waals surface area contributed by atoms with E-state index in [1.807, 2.05) is 12.1 Å². The van der Waals surface area contributed by atoms with E-state index in [2.05, 4.69) is 77.4 Å². The molecule has 3 aromatic rings. The Morgan fingerprint density at radius 1 is 1.08 bits per heavy atom. The van der Waals surface area contributed by atoms with Crippen LogP contribution in [0.3, 0.4) is 0 Å². The summed E-state index contributed by atoms with van der Waals surface area (Å²) in [6, 6.07) is 14.2. The molecule has 9 nitrogen and oxygen atoms in total. The number of benzene rings is 1. The van der Waals surface area contributed by atoms with Crippen molar-refractivity contribution >= 4 is 27.7 Å². The van der Waals surface area contributed by atoms with Crippen molar-refractivity contribution in [3.63, 3.8) is 0 Å². The van der Waals surface area contributed by atoms with Crippen LogP contribution in [-0.4, -0.2) is 69.9 Å². The van der Waals surface area contributed by atoms with Gasteiger partial charge in [0.05, 0.1) is 21.8 Å². The highest BCUT2D eigenvalue weighted by Gasteiger charge is 2.28. The summed E-state index contributed by atoms with van der Waals surface area (Å²) in [5, 5.41) is 11.0. The molecule has 0 atom stereocenters. The molecule has 1 aliphatic heterocycles. The standard InChI is InChI=1S/C28H31BrN8O/c1-35-12-14-36(15-13-35)19-20-6-8-21(9-7-20)25-11-10-22(17-31-25)28(38)34-37(23-4-2-3-5-23)27-24(29)18-32-26(16-30)33-27/h6-11,17-18,23H,2-5,12-15,19H2,1H3,(H,34,38). The molecule has 1 saturated heterocycles. The average molecular weight is 576 g/mol.